The van der Waals surface area contributed by atoms with Crippen molar-refractivity contribution in [2.24, 2.45) is 0 Å². The predicted octanol–water partition coefficient (Wildman–Crippen LogP) is 2.51. The standard InChI is InChI=1S/C18H24N4O2/c23-18(22-10-3-4-16-14(12-22)7-11-24-16)19-8-6-15-13-21-9-2-1-5-17(21)20-15/h7,11,13H,1-6,8-10,12H2,(H,19,23). The number of hydrogen-bond donors (Lipinski definition) is 1. The Hall–Kier alpha value is -2.24. The van der Waals surface area contributed by atoms with Crippen molar-refractivity contribution in [2.45, 2.75) is 51.6 Å². The molecule has 0 bridgehead atoms. The number of hydrogen-bond acceptors (Lipinski definition) is 3. The molecule has 2 aromatic heterocycles. The van der Waals surface area contributed by atoms with Crippen LogP contribution in [0.25, 0.3) is 0 Å². The molecule has 0 fully saturated rings. The van der Waals surface area contributed by atoms with Gasteiger partial charge in [0.15, 0.2) is 0 Å². The van der Waals surface area contributed by atoms with E-state index < -0.39 is 0 Å². The first kappa shape index (κ1) is 15.3. The number of nitrogens with zero attached hydrogens (tertiary/aromatic N) is 3. The van der Waals surface area contributed by atoms with E-state index in [0.29, 0.717) is 13.1 Å². The third-order valence-electron chi connectivity index (χ3n) is 4.93. The fraction of sp³-hybridized carbons (Fsp3) is 0.556. The fourth-order valence-corrected chi connectivity index (χ4v) is 3.62. The molecule has 6 heteroatoms. The van der Waals surface area contributed by atoms with Gasteiger partial charge in [0.25, 0.3) is 0 Å². The lowest BCUT2D eigenvalue weighted by atomic mass is 10.2. The van der Waals surface area contributed by atoms with Gasteiger partial charge in [0.05, 0.1) is 18.5 Å². The molecule has 0 unspecified atom stereocenters. The summed E-state index contributed by atoms with van der Waals surface area (Å²) >= 11 is 0. The Morgan fingerprint density at radius 3 is 3.12 bits per heavy atom. The topological polar surface area (TPSA) is 63.3 Å². The third-order valence-corrected chi connectivity index (χ3v) is 4.93. The van der Waals surface area contributed by atoms with E-state index in [2.05, 4.69) is 21.1 Å². The van der Waals surface area contributed by atoms with Crippen molar-refractivity contribution in [1.29, 1.82) is 0 Å². The molecule has 2 aromatic rings. The Labute approximate surface area is 141 Å². The van der Waals surface area contributed by atoms with Gasteiger partial charge in [-0.05, 0) is 25.3 Å². The molecule has 0 saturated heterocycles. The van der Waals surface area contributed by atoms with Crippen LogP contribution >= 0.6 is 0 Å². The molecule has 2 amide bonds. The summed E-state index contributed by atoms with van der Waals surface area (Å²) in [4.78, 5) is 19.0. The largest absolute Gasteiger partial charge is 0.469 e. The van der Waals surface area contributed by atoms with Crippen LogP contribution in [0.2, 0.25) is 0 Å². The molecule has 24 heavy (non-hydrogen) atoms. The monoisotopic (exact) mass is 328 g/mol. The highest BCUT2D eigenvalue weighted by Crippen LogP contribution is 2.19. The Morgan fingerprint density at radius 1 is 1.25 bits per heavy atom. The highest BCUT2D eigenvalue weighted by molar-refractivity contribution is 5.74. The van der Waals surface area contributed by atoms with Crippen LogP contribution in [-0.2, 0) is 32.4 Å². The number of carbonyl (C=O) groups is 1. The zero-order chi connectivity index (χ0) is 16.4. The molecule has 0 spiro atoms. The number of furan rings is 1. The normalized spacial score (nSPS) is 17.1. The highest BCUT2D eigenvalue weighted by Gasteiger charge is 2.20. The Balaban J connectivity index is 1.29. The van der Waals surface area contributed by atoms with Crippen LogP contribution in [0.5, 0.6) is 0 Å². The Morgan fingerprint density at radius 2 is 2.21 bits per heavy atom. The third kappa shape index (κ3) is 3.18. The maximum atomic E-state index is 12.4. The minimum atomic E-state index is 0.00743. The molecular formula is C18H24N4O2. The van der Waals surface area contributed by atoms with E-state index in [1.165, 1.54) is 18.7 Å². The number of imidazole rings is 1. The summed E-state index contributed by atoms with van der Waals surface area (Å²) in [6.07, 6.45) is 10.1. The Bertz CT molecular complexity index is 695. The highest BCUT2D eigenvalue weighted by atomic mass is 16.3. The molecule has 0 atom stereocenters. The van der Waals surface area contributed by atoms with E-state index in [1.807, 2.05) is 11.0 Å². The van der Waals surface area contributed by atoms with Crippen molar-refractivity contribution >= 4 is 6.03 Å². The summed E-state index contributed by atoms with van der Waals surface area (Å²) in [6, 6.07) is 1.98. The number of urea groups is 1. The van der Waals surface area contributed by atoms with E-state index in [-0.39, 0.29) is 6.03 Å². The average molecular weight is 328 g/mol. The van der Waals surface area contributed by atoms with Crippen LogP contribution in [0.3, 0.4) is 0 Å². The molecule has 0 aromatic carbocycles. The summed E-state index contributed by atoms with van der Waals surface area (Å²) in [5.41, 5.74) is 2.21. The maximum absolute atomic E-state index is 12.4. The fourth-order valence-electron chi connectivity index (χ4n) is 3.62. The Kier molecular flexibility index (Phi) is 4.28. The van der Waals surface area contributed by atoms with Crippen LogP contribution in [0.1, 0.15) is 42.1 Å². The zero-order valence-corrected chi connectivity index (χ0v) is 14.0. The lowest BCUT2D eigenvalue weighted by Gasteiger charge is -2.20. The van der Waals surface area contributed by atoms with Gasteiger partial charge in [-0.3, -0.25) is 0 Å². The first-order valence-electron chi connectivity index (χ1n) is 8.92. The molecule has 1 N–H and O–H groups in total. The number of amides is 2. The van der Waals surface area contributed by atoms with Crippen molar-refractivity contribution in [3.8, 4) is 0 Å². The first-order valence-corrected chi connectivity index (χ1v) is 8.92. The molecule has 4 rings (SSSR count). The molecular weight excluding hydrogens is 304 g/mol. The van der Waals surface area contributed by atoms with E-state index in [9.17, 15) is 4.79 Å². The van der Waals surface area contributed by atoms with Gasteiger partial charge in [0.2, 0.25) is 0 Å². The molecule has 2 aliphatic heterocycles. The molecule has 2 aliphatic rings. The van der Waals surface area contributed by atoms with Gasteiger partial charge in [0, 0.05) is 50.7 Å². The van der Waals surface area contributed by atoms with Crippen molar-refractivity contribution in [3.63, 3.8) is 0 Å². The number of aromatic nitrogens is 2. The van der Waals surface area contributed by atoms with Gasteiger partial charge in [-0.15, -0.1) is 0 Å². The summed E-state index contributed by atoms with van der Waals surface area (Å²) < 4.78 is 7.73. The number of rotatable bonds is 3. The second kappa shape index (κ2) is 6.71. The van der Waals surface area contributed by atoms with Gasteiger partial charge in [-0.25, -0.2) is 9.78 Å². The predicted molar refractivity (Wildman–Crippen MR) is 89.7 cm³/mol. The van der Waals surface area contributed by atoms with Gasteiger partial charge >= 0.3 is 6.03 Å². The van der Waals surface area contributed by atoms with Crippen LogP contribution in [0.4, 0.5) is 4.79 Å². The average Bonchev–Trinajstić information content (AvgIpc) is 3.15. The number of nitrogens with one attached hydrogen (secondary N) is 1. The molecule has 0 aliphatic carbocycles. The number of carbonyl (C=O) groups excluding carboxylic acids is 1. The smallest absolute Gasteiger partial charge is 0.317 e. The molecule has 4 heterocycles. The van der Waals surface area contributed by atoms with Gasteiger partial charge < -0.3 is 19.2 Å². The molecule has 0 saturated carbocycles. The van der Waals surface area contributed by atoms with Crippen LogP contribution in [0.15, 0.2) is 22.9 Å². The summed E-state index contributed by atoms with van der Waals surface area (Å²) in [6.45, 7) is 3.12. The van der Waals surface area contributed by atoms with Crippen molar-refractivity contribution in [3.05, 3.63) is 41.4 Å². The van der Waals surface area contributed by atoms with Crippen molar-refractivity contribution < 1.29 is 9.21 Å². The van der Waals surface area contributed by atoms with E-state index in [0.717, 1.165) is 55.8 Å². The second-order valence-electron chi connectivity index (χ2n) is 6.68. The molecule has 0 radical (unpaired) electrons. The molecule has 6 nitrogen and oxygen atoms in total. The summed E-state index contributed by atoms with van der Waals surface area (Å²) in [5, 5.41) is 3.04. The first-order chi connectivity index (χ1) is 11.8. The van der Waals surface area contributed by atoms with E-state index in [1.54, 1.807) is 6.26 Å². The minimum Gasteiger partial charge on any atom is -0.469 e. The second-order valence-corrected chi connectivity index (χ2v) is 6.68. The van der Waals surface area contributed by atoms with Gasteiger partial charge in [-0.1, -0.05) is 0 Å². The zero-order valence-electron chi connectivity index (χ0n) is 14.0. The quantitative estimate of drug-likeness (QED) is 0.941. The summed E-state index contributed by atoms with van der Waals surface area (Å²) in [7, 11) is 0. The maximum Gasteiger partial charge on any atom is 0.317 e. The van der Waals surface area contributed by atoms with Crippen LogP contribution in [-0.4, -0.2) is 33.6 Å². The lowest BCUT2D eigenvalue weighted by molar-refractivity contribution is 0.196. The van der Waals surface area contributed by atoms with Gasteiger partial charge in [0.1, 0.15) is 11.6 Å². The summed E-state index contributed by atoms with van der Waals surface area (Å²) in [5.74, 6) is 2.22. The lowest BCUT2D eigenvalue weighted by Crippen LogP contribution is -2.40. The van der Waals surface area contributed by atoms with Crippen LogP contribution < -0.4 is 5.32 Å². The SMILES string of the molecule is O=C(NCCc1cn2c(n1)CCCC2)N1CCCc2occc2C1. The minimum absolute atomic E-state index is 0.00743. The van der Waals surface area contributed by atoms with E-state index in [4.69, 9.17) is 4.42 Å². The number of fused-ring (bicyclic) bond motifs is 2. The van der Waals surface area contributed by atoms with Crippen molar-refractivity contribution in [2.75, 3.05) is 13.1 Å². The van der Waals surface area contributed by atoms with E-state index >= 15 is 0 Å². The number of aryl methyl sites for hydroxylation is 3. The molecule has 128 valence electrons. The van der Waals surface area contributed by atoms with Crippen LogP contribution in [0, 0.1) is 0 Å². The van der Waals surface area contributed by atoms with Crippen molar-refractivity contribution in [1.82, 2.24) is 19.8 Å². The van der Waals surface area contributed by atoms with Gasteiger partial charge in [-0.2, -0.15) is 0 Å².